The fourth-order valence-electron chi connectivity index (χ4n) is 1.98. The van der Waals surface area contributed by atoms with Crippen LogP contribution in [0.3, 0.4) is 0 Å². The highest BCUT2D eigenvalue weighted by Gasteiger charge is 1.95. The molecule has 0 fully saturated rings. The van der Waals surface area contributed by atoms with Crippen molar-refractivity contribution in [2.45, 2.75) is 19.5 Å². The van der Waals surface area contributed by atoms with Crippen molar-refractivity contribution in [3.05, 3.63) is 71.3 Å². The quantitative estimate of drug-likeness (QED) is 0.761. The Morgan fingerprint density at radius 1 is 0.833 bits per heavy atom. The molecule has 0 aliphatic carbocycles. The second-order valence-corrected chi connectivity index (χ2v) is 4.44. The van der Waals surface area contributed by atoms with Crippen LogP contribution in [0.25, 0.3) is 0 Å². The first-order valence-corrected chi connectivity index (χ1v) is 6.41. The minimum absolute atomic E-state index is 0.609. The minimum atomic E-state index is 0.609. The van der Waals surface area contributed by atoms with Gasteiger partial charge < -0.3 is 11.1 Å². The Morgan fingerprint density at radius 2 is 1.56 bits per heavy atom. The first-order chi connectivity index (χ1) is 8.88. The second-order valence-electron chi connectivity index (χ2n) is 4.44. The molecule has 94 valence electrons. The molecule has 0 saturated carbocycles. The highest BCUT2D eigenvalue weighted by Crippen LogP contribution is 2.04. The summed E-state index contributed by atoms with van der Waals surface area (Å²) < 4.78 is 0. The maximum Gasteiger partial charge on any atom is 0.0205 e. The summed E-state index contributed by atoms with van der Waals surface area (Å²) in [6.45, 7) is 2.51. The van der Waals surface area contributed by atoms with Crippen LogP contribution in [0.2, 0.25) is 0 Å². The number of rotatable bonds is 6. The van der Waals surface area contributed by atoms with E-state index in [2.05, 4.69) is 59.9 Å². The van der Waals surface area contributed by atoms with E-state index < -0.39 is 0 Å². The fourth-order valence-corrected chi connectivity index (χ4v) is 1.98. The van der Waals surface area contributed by atoms with E-state index in [-0.39, 0.29) is 0 Å². The monoisotopic (exact) mass is 240 g/mol. The lowest BCUT2D eigenvalue weighted by atomic mass is 10.1. The number of hydrogen-bond acceptors (Lipinski definition) is 2. The number of hydrogen-bond donors (Lipinski definition) is 2. The maximum absolute atomic E-state index is 5.63. The van der Waals surface area contributed by atoms with Crippen molar-refractivity contribution >= 4 is 0 Å². The first-order valence-electron chi connectivity index (χ1n) is 6.41. The number of benzene rings is 2. The third kappa shape index (κ3) is 3.99. The van der Waals surface area contributed by atoms with Gasteiger partial charge in [0, 0.05) is 13.1 Å². The zero-order chi connectivity index (χ0) is 12.6. The van der Waals surface area contributed by atoms with E-state index in [4.69, 9.17) is 5.73 Å². The van der Waals surface area contributed by atoms with Gasteiger partial charge in [0.25, 0.3) is 0 Å². The van der Waals surface area contributed by atoms with Gasteiger partial charge >= 0.3 is 0 Å². The van der Waals surface area contributed by atoms with E-state index in [9.17, 15) is 0 Å². The van der Waals surface area contributed by atoms with E-state index >= 15 is 0 Å². The van der Waals surface area contributed by atoms with Gasteiger partial charge in [0.15, 0.2) is 0 Å². The average molecular weight is 240 g/mol. The van der Waals surface area contributed by atoms with Crippen molar-refractivity contribution in [2.75, 3.05) is 6.54 Å². The molecule has 0 radical (unpaired) electrons. The maximum atomic E-state index is 5.63. The molecule has 0 atom stereocenters. The van der Waals surface area contributed by atoms with Crippen molar-refractivity contribution in [1.82, 2.24) is 5.32 Å². The second kappa shape index (κ2) is 6.94. The van der Waals surface area contributed by atoms with Crippen LogP contribution in [0.5, 0.6) is 0 Å². The number of nitrogens with two attached hydrogens (primary N) is 1. The molecule has 3 N–H and O–H groups in total. The molecule has 0 saturated heterocycles. The molecule has 0 amide bonds. The Balaban J connectivity index is 1.75. The van der Waals surface area contributed by atoms with Gasteiger partial charge in [0.05, 0.1) is 0 Å². The molecule has 0 heterocycles. The van der Waals surface area contributed by atoms with E-state index in [1.165, 1.54) is 16.7 Å². The van der Waals surface area contributed by atoms with Gasteiger partial charge in [-0.2, -0.15) is 0 Å². The van der Waals surface area contributed by atoms with Gasteiger partial charge in [0.1, 0.15) is 0 Å². The van der Waals surface area contributed by atoms with Gasteiger partial charge in [-0.25, -0.2) is 0 Å². The predicted molar refractivity (Wildman–Crippen MR) is 76.2 cm³/mol. The molecule has 0 aliphatic rings. The molecule has 0 aromatic heterocycles. The third-order valence-corrected chi connectivity index (χ3v) is 2.99. The van der Waals surface area contributed by atoms with Gasteiger partial charge in [-0.3, -0.25) is 0 Å². The Kier molecular flexibility index (Phi) is 4.94. The van der Waals surface area contributed by atoms with Crippen LogP contribution in [-0.2, 0) is 19.5 Å². The third-order valence-electron chi connectivity index (χ3n) is 2.99. The summed E-state index contributed by atoms with van der Waals surface area (Å²) in [4.78, 5) is 0. The molecule has 2 rings (SSSR count). The van der Waals surface area contributed by atoms with Gasteiger partial charge in [-0.15, -0.1) is 0 Å². The summed E-state index contributed by atoms with van der Waals surface area (Å²) in [5.74, 6) is 0. The van der Waals surface area contributed by atoms with E-state index in [1.54, 1.807) is 0 Å². The summed E-state index contributed by atoms with van der Waals surface area (Å²) in [6, 6.07) is 19.0. The topological polar surface area (TPSA) is 38.0 Å². The van der Waals surface area contributed by atoms with Crippen LogP contribution >= 0.6 is 0 Å². The van der Waals surface area contributed by atoms with Crippen molar-refractivity contribution in [3.63, 3.8) is 0 Å². The Morgan fingerprint density at radius 3 is 2.33 bits per heavy atom. The van der Waals surface area contributed by atoms with Gasteiger partial charge in [-0.05, 0) is 29.7 Å². The normalized spacial score (nSPS) is 10.5. The summed E-state index contributed by atoms with van der Waals surface area (Å²) in [7, 11) is 0. The number of nitrogens with one attached hydrogen (secondary N) is 1. The van der Waals surface area contributed by atoms with Crippen LogP contribution < -0.4 is 11.1 Å². The summed E-state index contributed by atoms with van der Waals surface area (Å²) in [5.41, 5.74) is 9.49. The largest absolute Gasteiger partial charge is 0.326 e. The summed E-state index contributed by atoms with van der Waals surface area (Å²) >= 11 is 0. The highest BCUT2D eigenvalue weighted by atomic mass is 14.8. The molecule has 0 unspecified atom stereocenters. The summed E-state index contributed by atoms with van der Waals surface area (Å²) in [5, 5.41) is 3.46. The van der Waals surface area contributed by atoms with Crippen molar-refractivity contribution < 1.29 is 0 Å². The highest BCUT2D eigenvalue weighted by molar-refractivity contribution is 5.23. The lowest BCUT2D eigenvalue weighted by molar-refractivity contribution is 0.686. The Hall–Kier alpha value is -1.64. The standard InChI is InChI=1S/C16H20N2/c17-12-15-7-4-8-16(11-15)13-18-10-9-14-5-2-1-3-6-14/h1-8,11,18H,9-10,12-13,17H2. The zero-order valence-electron chi connectivity index (χ0n) is 10.6. The Bertz CT molecular complexity index is 466. The lowest BCUT2D eigenvalue weighted by Gasteiger charge is -2.06. The van der Waals surface area contributed by atoms with Crippen molar-refractivity contribution in [3.8, 4) is 0 Å². The first kappa shape index (κ1) is 12.8. The average Bonchev–Trinajstić information content (AvgIpc) is 2.45. The molecule has 2 heteroatoms. The molecule has 2 aromatic rings. The Labute approximate surface area is 109 Å². The van der Waals surface area contributed by atoms with Crippen molar-refractivity contribution in [1.29, 1.82) is 0 Å². The van der Waals surface area contributed by atoms with Crippen LogP contribution in [0, 0.1) is 0 Å². The summed E-state index contributed by atoms with van der Waals surface area (Å²) in [6.07, 6.45) is 1.07. The molecular weight excluding hydrogens is 220 g/mol. The van der Waals surface area contributed by atoms with E-state index in [0.29, 0.717) is 6.54 Å². The van der Waals surface area contributed by atoms with E-state index in [0.717, 1.165) is 19.5 Å². The molecule has 2 nitrogen and oxygen atoms in total. The lowest BCUT2D eigenvalue weighted by Crippen LogP contribution is -2.16. The van der Waals surface area contributed by atoms with Gasteiger partial charge in [-0.1, -0.05) is 54.6 Å². The minimum Gasteiger partial charge on any atom is -0.326 e. The van der Waals surface area contributed by atoms with Gasteiger partial charge in [0.2, 0.25) is 0 Å². The molecule has 0 spiro atoms. The van der Waals surface area contributed by atoms with E-state index in [1.807, 2.05) is 0 Å². The predicted octanol–water partition coefficient (Wildman–Crippen LogP) is 2.48. The van der Waals surface area contributed by atoms with Crippen LogP contribution in [0.4, 0.5) is 0 Å². The molecule has 0 bridgehead atoms. The zero-order valence-corrected chi connectivity index (χ0v) is 10.6. The molecule has 0 aliphatic heterocycles. The van der Waals surface area contributed by atoms with Crippen LogP contribution in [0.1, 0.15) is 16.7 Å². The van der Waals surface area contributed by atoms with Crippen molar-refractivity contribution in [2.24, 2.45) is 5.73 Å². The smallest absolute Gasteiger partial charge is 0.0205 e. The molecule has 18 heavy (non-hydrogen) atoms. The fraction of sp³-hybridized carbons (Fsp3) is 0.250. The van der Waals surface area contributed by atoms with Crippen LogP contribution in [0.15, 0.2) is 54.6 Å². The van der Waals surface area contributed by atoms with Crippen LogP contribution in [-0.4, -0.2) is 6.54 Å². The molecular formula is C16H20N2. The SMILES string of the molecule is NCc1cccc(CNCCc2ccccc2)c1. The molecule has 2 aromatic carbocycles.